The summed E-state index contributed by atoms with van der Waals surface area (Å²) in [6, 6.07) is 0. The first-order valence-electron chi connectivity index (χ1n) is 28.2. The molecule has 0 aromatic carbocycles. The molecular formula is C62H104O6. The third-order valence-electron chi connectivity index (χ3n) is 11.8. The molecule has 0 radical (unpaired) electrons. The Bertz CT molecular complexity index is 1360. The third kappa shape index (κ3) is 53.3. The van der Waals surface area contributed by atoms with Crippen molar-refractivity contribution in [3.8, 4) is 0 Å². The molecule has 1 unspecified atom stereocenters. The Kier molecular flexibility index (Phi) is 52.9. The van der Waals surface area contributed by atoms with E-state index < -0.39 is 6.10 Å². The van der Waals surface area contributed by atoms with E-state index in [1.165, 1.54) is 89.9 Å². The minimum absolute atomic E-state index is 0.0831. The Morgan fingerprint density at radius 1 is 0.309 bits per heavy atom. The van der Waals surface area contributed by atoms with E-state index in [4.69, 9.17) is 14.2 Å². The first-order chi connectivity index (χ1) is 33.5. The highest BCUT2D eigenvalue weighted by Gasteiger charge is 2.19. The van der Waals surface area contributed by atoms with Gasteiger partial charge in [0.2, 0.25) is 0 Å². The highest BCUT2D eigenvalue weighted by Crippen LogP contribution is 2.15. The average Bonchev–Trinajstić information content (AvgIpc) is 3.34. The van der Waals surface area contributed by atoms with Crippen LogP contribution in [0.15, 0.2) is 97.2 Å². The second-order valence-corrected chi connectivity index (χ2v) is 18.5. The highest BCUT2D eigenvalue weighted by molar-refractivity contribution is 5.71. The maximum absolute atomic E-state index is 12.8. The van der Waals surface area contributed by atoms with Crippen LogP contribution in [0.2, 0.25) is 0 Å². The fourth-order valence-electron chi connectivity index (χ4n) is 7.60. The van der Waals surface area contributed by atoms with Crippen molar-refractivity contribution in [1.82, 2.24) is 0 Å². The summed E-state index contributed by atoms with van der Waals surface area (Å²) in [5.41, 5.74) is 0. The van der Waals surface area contributed by atoms with Gasteiger partial charge in [-0.15, -0.1) is 0 Å². The van der Waals surface area contributed by atoms with Crippen LogP contribution in [0.25, 0.3) is 0 Å². The SMILES string of the molecule is CC/C=C\C/C=C\C/C=C\C/C=C\C/C=C\C/C=C\CCCCCCCCCCCCC(=O)OCC(COC(=O)CCCCCCCCCC)OC(=O)CCCCCCC/C=C\C/C=C\CCC. The van der Waals surface area contributed by atoms with E-state index in [1.807, 2.05) is 0 Å². The molecular weight excluding hydrogens is 841 g/mol. The van der Waals surface area contributed by atoms with E-state index in [0.717, 1.165) is 128 Å². The molecule has 6 nitrogen and oxygen atoms in total. The van der Waals surface area contributed by atoms with Gasteiger partial charge in [-0.2, -0.15) is 0 Å². The lowest BCUT2D eigenvalue weighted by Gasteiger charge is -2.18. The molecule has 0 heterocycles. The molecule has 0 amide bonds. The molecule has 0 saturated carbocycles. The Hall–Kier alpha value is -3.67. The number of allylic oxidation sites excluding steroid dienone is 16. The van der Waals surface area contributed by atoms with Gasteiger partial charge < -0.3 is 14.2 Å². The smallest absolute Gasteiger partial charge is 0.306 e. The lowest BCUT2D eigenvalue weighted by molar-refractivity contribution is -0.167. The lowest BCUT2D eigenvalue weighted by Crippen LogP contribution is -2.30. The van der Waals surface area contributed by atoms with Crippen molar-refractivity contribution in [2.75, 3.05) is 13.2 Å². The monoisotopic (exact) mass is 945 g/mol. The fourth-order valence-corrected chi connectivity index (χ4v) is 7.60. The number of rotatable bonds is 50. The molecule has 388 valence electrons. The van der Waals surface area contributed by atoms with Crippen LogP contribution in [0.3, 0.4) is 0 Å². The third-order valence-corrected chi connectivity index (χ3v) is 11.8. The number of carbonyl (C=O) groups excluding carboxylic acids is 3. The summed E-state index contributed by atoms with van der Waals surface area (Å²) in [4.78, 5) is 37.9. The van der Waals surface area contributed by atoms with Gasteiger partial charge in [0.05, 0.1) is 0 Å². The molecule has 0 saturated heterocycles. The second-order valence-electron chi connectivity index (χ2n) is 18.5. The average molecular weight is 946 g/mol. The van der Waals surface area contributed by atoms with Crippen molar-refractivity contribution in [3.05, 3.63) is 97.2 Å². The molecule has 0 fully saturated rings. The molecule has 0 aromatic rings. The van der Waals surface area contributed by atoms with Gasteiger partial charge in [0, 0.05) is 19.3 Å². The van der Waals surface area contributed by atoms with E-state index in [0.29, 0.717) is 19.3 Å². The number of hydrogen-bond acceptors (Lipinski definition) is 6. The molecule has 6 heteroatoms. The zero-order chi connectivity index (χ0) is 49.3. The molecule has 68 heavy (non-hydrogen) atoms. The molecule has 0 aromatic heterocycles. The fraction of sp³-hybridized carbons (Fsp3) is 0.694. The van der Waals surface area contributed by atoms with E-state index in [9.17, 15) is 14.4 Å². The van der Waals surface area contributed by atoms with Gasteiger partial charge in [-0.1, -0.05) is 240 Å². The van der Waals surface area contributed by atoms with Gasteiger partial charge in [-0.3, -0.25) is 14.4 Å². The molecule has 0 aliphatic heterocycles. The number of unbranched alkanes of at least 4 members (excludes halogenated alkanes) is 23. The predicted octanol–water partition coefficient (Wildman–Crippen LogP) is 18.9. The van der Waals surface area contributed by atoms with Crippen LogP contribution in [0.1, 0.15) is 258 Å². The number of hydrogen-bond donors (Lipinski definition) is 0. The van der Waals surface area contributed by atoms with Crippen molar-refractivity contribution >= 4 is 17.9 Å². The molecule has 1 atom stereocenters. The topological polar surface area (TPSA) is 78.9 Å². The minimum Gasteiger partial charge on any atom is -0.462 e. The molecule has 0 N–H and O–H groups in total. The van der Waals surface area contributed by atoms with Crippen molar-refractivity contribution in [3.63, 3.8) is 0 Å². The van der Waals surface area contributed by atoms with Crippen molar-refractivity contribution in [1.29, 1.82) is 0 Å². The Morgan fingerprint density at radius 3 is 0.956 bits per heavy atom. The summed E-state index contributed by atoms with van der Waals surface area (Å²) in [6.45, 7) is 6.41. The van der Waals surface area contributed by atoms with E-state index in [1.54, 1.807) is 0 Å². The maximum atomic E-state index is 12.8. The van der Waals surface area contributed by atoms with Crippen molar-refractivity contribution in [2.45, 2.75) is 264 Å². The van der Waals surface area contributed by atoms with Crippen LogP contribution < -0.4 is 0 Å². The molecule has 0 aliphatic rings. The first kappa shape index (κ1) is 64.3. The quantitative estimate of drug-likeness (QED) is 0.0262. The normalized spacial score (nSPS) is 12.8. The van der Waals surface area contributed by atoms with Gasteiger partial charge in [-0.25, -0.2) is 0 Å². The van der Waals surface area contributed by atoms with Crippen LogP contribution >= 0.6 is 0 Å². The summed E-state index contributed by atoms with van der Waals surface area (Å²) < 4.78 is 16.8. The van der Waals surface area contributed by atoms with E-state index in [-0.39, 0.29) is 31.1 Å². The number of carbonyl (C=O) groups is 3. The Morgan fingerprint density at radius 2 is 0.603 bits per heavy atom. The van der Waals surface area contributed by atoms with E-state index >= 15 is 0 Å². The molecule has 0 spiro atoms. The predicted molar refractivity (Wildman–Crippen MR) is 293 cm³/mol. The first-order valence-corrected chi connectivity index (χ1v) is 28.2. The van der Waals surface area contributed by atoms with Crippen LogP contribution in [0, 0.1) is 0 Å². The summed E-state index contributed by atoms with van der Waals surface area (Å²) in [5.74, 6) is -0.906. The summed E-state index contributed by atoms with van der Waals surface area (Å²) in [6.07, 6.45) is 74.2. The Labute approximate surface area is 419 Å². The summed E-state index contributed by atoms with van der Waals surface area (Å²) >= 11 is 0. The zero-order valence-electron chi connectivity index (χ0n) is 44.3. The van der Waals surface area contributed by atoms with Crippen LogP contribution in [-0.4, -0.2) is 37.2 Å². The van der Waals surface area contributed by atoms with Gasteiger partial charge in [0.1, 0.15) is 13.2 Å². The lowest BCUT2D eigenvalue weighted by atomic mass is 10.1. The summed E-state index contributed by atoms with van der Waals surface area (Å²) in [7, 11) is 0. The van der Waals surface area contributed by atoms with Crippen LogP contribution in [0.4, 0.5) is 0 Å². The highest BCUT2D eigenvalue weighted by atomic mass is 16.6. The summed E-state index contributed by atoms with van der Waals surface area (Å²) in [5, 5.41) is 0. The molecule has 0 aliphatic carbocycles. The zero-order valence-corrected chi connectivity index (χ0v) is 44.3. The second kappa shape index (κ2) is 55.9. The van der Waals surface area contributed by atoms with Gasteiger partial charge in [0.15, 0.2) is 6.10 Å². The van der Waals surface area contributed by atoms with Gasteiger partial charge >= 0.3 is 17.9 Å². The Balaban J connectivity index is 4.16. The standard InChI is InChI=1S/C62H104O6/c1-4-7-10-13-16-19-21-23-24-25-26-27-28-29-30-31-32-33-34-35-36-37-38-40-41-43-46-49-52-55-61(64)67-58-59(57-66-60(63)54-51-48-45-18-15-12-9-6-3)68-62(65)56-53-50-47-44-42-39-22-20-17-14-11-8-5-2/h7,10-11,14,16,19-20,22-24,26-27,29-30,32-33,59H,4-6,8-9,12-13,15,17-18,21,25,28,31,34-58H2,1-3H3/b10-7-,14-11-,19-16-,22-20-,24-23-,27-26-,30-29-,33-32-. The minimum atomic E-state index is -0.783. The van der Waals surface area contributed by atoms with Gasteiger partial charge in [-0.05, 0) is 96.3 Å². The van der Waals surface area contributed by atoms with Crippen LogP contribution in [0.5, 0.6) is 0 Å². The number of esters is 3. The van der Waals surface area contributed by atoms with Crippen molar-refractivity contribution in [2.24, 2.45) is 0 Å². The van der Waals surface area contributed by atoms with Gasteiger partial charge in [0.25, 0.3) is 0 Å². The molecule has 0 bridgehead atoms. The van der Waals surface area contributed by atoms with Crippen LogP contribution in [-0.2, 0) is 28.6 Å². The molecule has 0 rings (SSSR count). The van der Waals surface area contributed by atoms with Crippen molar-refractivity contribution < 1.29 is 28.6 Å². The maximum Gasteiger partial charge on any atom is 0.306 e. The largest absolute Gasteiger partial charge is 0.462 e. The number of ether oxygens (including phenoxy) is 3. The van der Waals surface area contributed by atoms with E-state index in [2.05, 4.69) is 118 Å².